The highest BCUT2D eigenvalue weighted by Gasteiger charge is 2.46. The fourth-order valence-electron chi connectivity index (χ4n) is 1.22. The number of likely N-dealkylation sites (N-methyl/N-ethyl adjacent to an activating group) is 1. The number of hydrazone groups is 1. The Morgan fingerprint density at radius 2 is 2.50 bits per heavy atom. The lowest BCUT2D eigenvalue weighted by Crippen LogP contribution is -2.50. The van der Waals surface area contributed by atoms with Crippen molar-refractivity contribution in [1.29, 1.82) is 0 Å². The smallest absolute Gasteiger partial charge is 0.332 e. The average Bonchev–Trinajstić information content (AvgIpc) is 2.45. The van der Waals surface area contributed by atoms with Crippen LogP contribution in [0.2, 0.25) is 0 Å². The van der Waals surface area contributed by atoms with Crippen LogP contribution in [0.25, 0.3) is 0 Å². The van der Waals surface area contributed by atoms with Crippen LogP contribution in [0.3, 0.4) is 0 Å². The Balaban J connectivity index is 2.81. The average molecular weight is 217 g/mol. The predicted octanol–water partition coefficient (Wildman–Crippen LogP) is 0.217. The second-order valence-electron chi connectivity index (χ2n) is 3.25. The van der Waals surface area contributed by atoms with E-state index >= 15 is 0 Å². The van der Waals surface area contributed by atoms with Crippen LogP contribution in [-0.2, 0) is 9.53 Å². The number of ether oxygens (including phenoxy) is 1. The summed E-state index contributed by atoms with van der Waals surface area (Å²) in [6.07, 6.45) is 0. The lowest BCUT2D eigenvalue weighted by molar-refractivity contribution is -0.152. The maximum Gasteiger partial charge on any atom is 0.332 e. The molecule has 1 unspecified atom stereocenters. The van der Waals surface area contributed by atoms with Crippen LogP contribution in [0.5, 0.6) is 0 Å². The second kappa shape index (κ2) is 4.08. The van der Waals surface area contributed by atoms with E-state index in [9.17, 15) is 4.79 Å². The minimum absolute atomic E-state index is 0.228. The zero-order valence-corrected chi connectivity index (χ0v) is 9.43. The molecule has 0 aliphatic carbocycles. The number of carbonyl (C=O) groups excluding carboxylic acids is 1. The number of hydrogen-bond acceptors (Lipinski definition) is 5. The molecule has 0 aromatic carbocycles. The molecule has 2 N–H and O–H groups in total. The Bertz CT molecular complexity index is 269. The van der Waals surface area contributed by atoms with Gasteiger partial charge in [-0.3, -0.25) is 0 Å². The van der Waals surface area contributed by atoms with Gasteiger partial charge < -0.3 is 15.5 Å². The zero-order chi connectivity index (χ0) is 10.8. The van der Waals surface area contributed by atoms with Gasteiger partial charge in [0.1, 0.15) is 5.54 Å². The Morgan fingerprint density at radius 3 is 2.93 bits per heavy atom. The van der Waals surface area contributed by atoms with Crippen LogP contribution in [0.4, 0.5) is 0 Å². The lowest BCUT2D eigenvalue weighted by atomic mass is 10.1. The Hall–Kier alpha value is -0.910. The molecule has 5 nitrogen and oxygen atoms in total. The first-order chi connectivity index (χ1) is 6.56. The van der Waals surface area contributed by atoms with Crippen LogP contribution in [0.1, 0.15) is 13.8 Å². The third-order valence-electron chi connectivity index (χ3n) is 2.34. The molecule has 1 aliphatic heterocycles. The van der Waals surface area contributed by atoms with Gasteiger partial charge in [0.2, 0.25) is 0 Å². The Labute approximate surface area is 87.7 Å². The van der Waals surface area contributed by atoms with Crippen molar-refractivity contribution in [2.24, 2.45) is 10.9 Å². The number of rotatable bonds is 2. The summed E-state index contributed by atoms with van der Waals surface area (Å²) in [5.41, 5.74) is -0.640. The molecule has 14 heavy (non-hydrogen) atoms. The third-order valence-corrected chi connectivity index (χ3v) is 3.68. The van der Waals surface area contributed by atoms with Crippen LogP contribution < -0.4 is 5.84 Å². The molecule has 1 heterocycles. The van der Waals surface area contributed by atoms with Crippen molar-refractivity contribution >= 4 is 22.9 Å². The summed E-state index contributed by atoms with van der Waals surface area (Å²) in [4.78, 5) is 13.4. The number of amidine groups is 1. The molecule has 0 radical (unpaired) electrons. The molecular formula is C8H15N3O2S. The van der Waals surface area contributed by atoms with Crippen LogP contribution in [0, 0.1) is 0 Å². The van der Waals surface area contributed by atoms with E-state index in [1.165, 1.54) is 11.8 Å². The fraction of sp³-hybridized carbons (Fsp3) is 0.750. The van der Waals surface area contributed by atoms with Crippen LogP contribution in [0.15, 0.2) is 5.10 Å². The fourth-order valence-corrected chi connectivity index (χ4v) is 2.41. The van der Waals surface area contributed by atoms with E-state index in [2.05, 4.69) is 5.10 Å². The van der Waals surface area contributed by atoms with Gasteiger partial charge in [-0.15, -0.1) is 0 Å². The molecule has 1 rings (SSSR count). The number of carbonyl (C=O) groups is 1. The monoisotopic (exact) mass is 217 g/mol. The summed E-state index contributed by atoms with van der Waals surface area (Å²) in [5.74, 6) is 5.59. The molecular weight excluding hydrogens is 202 g/mol. The molecule has 1 saturated heterocycles. The molecule has 80 valence electrons. The normalized spacial score (nSPS) is 29.6. The molecule has 1 fully saturated rings. The van der Waals surface area contributed by atoms with Gasteiger partial charge in [-0.05, 0) is 13.8 Å². The van der Waals surface area contributed by atoms with Crippen LogP contribution >= 0.6 is 11.8 Å². The third kappa shape index (κ3) is 1.66. The minimum Gasteiger partial charge on any atom is -0.464 e. The van der Waals surface area contributed by atoms with Gasteiger partial charge in [-0.25, -0.2) is 4.79 Å². The summed E-state index contributed by atoms with van der Waals surface area (Å²) in [7, 11) is 1.79. The molecule has 1 aliphatic rings. The van der Waals surface area contributed by atoms with Crippen molar-refractivity contribution in [2.45, 2.75) is 19.4 Å². The first-order valence-electron chi connectivity index (χ1n) is 4.38. The highest BCUT2D eigenvalue weighted by Crippen LogP contribution is 2.32. The number of thioether (sulfide) groups is 1. The first-order valence-corrected chi connectivity index (χ1v) is 5.36. The number of nitrogens with zero attached hydrogens (tertiary/aromatic N) is 2. The highest BCUT2D eigenvalue weighted by atomic mass is 32.2. The quantitative estimate of drug-likeness (QED) is 0.407. The van der Waals surface area contributed by atoms with Crippen molar-refractivity contribution in [1.82, 2.24) is 4.90 Å². The van der Waals surface area contributed by atoms with Crippen molar-refractivity contribution in [2.75, 3.05) is 19.4 Å². The highest BCUT2D eigenvalue weighted by molar-refractivity contribution is 8.14. The summed E-state index contributed by atoms with van der Waals surface area (Å²) in [6.45, 7) is 4.01. The molecule has 0 aromatic heterocycles. The van der Waals surface area contributed by atoms with Crippen molar-refractivity contribution in [3.63, 3.8) is 0 Å². The molecule has 0 bridgehead atoms. The second-order valence-corrected chi connectivity index (χ2v) is 4.20. The van der Waals surface area contributed by atoms with Gasteiger partial charge in [0.15, 0.2) is 5.17 Å². The van der Waals surface area contributed by atoms with E-state index in [-0.39, 0.29) is 5.97 Å². The Kier molecular flexibility index (Phi) is 3.25. The first kappa shape index (κ1) is 11.2. The summed E-state index contributed by atoms with van der Waals surface area (Å²) in [6, 6.07) is 0. The summed E-state index contributed by atoms with van der Waals surface area (Å²) in [5, 5.41) is 4.27. The maximum atomic E-state index is 11.7. The van der Waals surface area contributed by atoms with E-state index in [1.807, 2.05) is 6.92 Å². The predicted molar refractivity (Wildman–Crippen MR) is 56.9 cm³/mol. The lowest BCUT2D eigenvalue weighted by Gasteiger charge is -2.29. The number of hydrogen-bond donors (Lipinski definition) is 1. The largest absolute Gasteiger partial charge is 0.464 e. The maximum absolute atomic E-state index is 11.7. The number of esters is 1. The van der Waals surface area contributed by atoms with E-state index in [0.29, 0.717) is 17.5 Å². The molecule has 6 heteroatoms. The van der Waals surface area contributed by atoms with E-state index in [0.717, 1.165) is 0 Å². The standard InChI is InChI=1S/C8H15N3O2S/c1-4-13-6(12)8(2)5-14-7(10-9)11(8)3/h4-5,9H2,1-3H3/b10-7+. The van der Waals surface area contributed by atoms with Crippen LogP contribution in [-0.4, -0.2) is 41.0 Å². The Morgan fingerprint density at radius 1 is 1.86 bits per heavy atom. The van der Waals surface area contributed by atoms with Crippen molar-refractivity contribution < 1.29 is 9.53 Å². The number of nitrogens with two attached hydrogens (primary N) is 1. The van der Waals surface area contributed by atoms with Crippen molar-refractivity contribution in [3.8, 4) is 0 Å². The molecule has 1 atom stereocenters. The summed E-state index contributed by atoms with van der Waals surface area (Å²) >= 11 is 1.46. The molecule has 0 spiro atoms. The zero-order valence-electron chi connectivity index (χ0n) is 8.61. The van der Waals surface area contributed by atoms with Gasteiger partial charge in [0.05, 0.1) is 6.61 Å². The van der Waals surface area contributed by atoms with Gasteiger partial charge in [-0.1, -0.05) is 11.8 Å². The SMILES string of the molecule is CCOC(=O)C1(C)CS/C(=N/N)N1C. The van der Waals surface area contributed by atoms with Gasteiger partial charge in [-0.2, -0.15) is 5.10 Å². The van der Waals surface area contributed by atoms with E-state index in [1.54, 1.807) is 18.9 Å². The van der Waals surface area contributed by atoms with Gasteiger partial charge in [0, 0.05) is 12.8 Å². The van der Waals surface area contributed by atoms with E-state index in [4.69, 9.17) is 10.6 Å². The molecule has 0 amide bonds. The van der Waals surface area contributed by atoms with Gasteiger partial charge >= 0.3 is 5.97 Å². The van der Waals surface area contributed by atoms with E-state index < -0.39 is 5.54 Å². The topological polar surface area (TPSA) is 67.9 Å². The molecule has 0 saturated carbocycles. The minimum atomic E-state index is -0.640. The summed E-state index contributed by atoms with van der Waals surface area (Å²) < 4.78 is 5.00. The van der Waals surface area contributed by atoms with Gasteiger partial charge in [0.25, 0.3) is 0 Å². The van der Waals surface area contributed by atoms with Crippen molar-refractivity contribution in [3.05, 3.63) is 0 Å². The molecule has 0 aromatic rings.